The maximum absolute atomic E-state index is 11.9. The molecule has 0 fully saturated rings. The van der Waals surface area contributed by atoms with E-state index in [4.69, 9.17) is 24.3 Å². The fourth-order valence-electron chi connectivity index (χ4n) is 4.06. The van der Waals surface area contributed by atoms with Crippen molar-refractivity contribution in [3.63, 3.8) is 0 Å². The molecule has 0 amide bonds. The third-order valence-electron chi connectivity index (χ3n) is 6.42. The minimum absolute atomic E-state index is 0.0950. The molecule has 2 unspecified atom stereocenters. The summed E-state index contributed by atoms with van der Waals surface area (Å²) in [5.41, 5.74) is 5.28. The quantitative estimate of drug-likeness (QED) is 0.0334. The first-order valence-electron chi connectivity index (χ1n) is 16.8. The van der Waals surface area contributed by atoms with Gasteiger partial charge in [0.15, 0.2) is 0 Å². The van der Waals surface area contributed by atoms with Gasteiger partial charge in [-0.15, -0.1) is 0 Å². The Labute approximate surface area is 268 Å². The van der Waals surface area contributed by atoms with Crippen molar-refractivity contribution in [2.45, 2.75) is 123 Å². The van der Waals surface area contributed by atoms with Crippen LogP contribution < -0.4 is 5.73 Å². The van der Waals surface area contributed by atoms with Gasteiger partial charge in [-0.3, -0.25) is 13.8 Å². The lowest BCUT2D eigenvalue weighted by Gasteiger charge is -2.19. The minimum atomic E-state index is -4.24. The second kappa shape index (κ2) is 32.6. The third kappa shape index (κ3) is 31.6. The topological polar surface area (TPSA) is 117 Å². The van der Waals surface area contributed by atoms with E-state index in [0.29, 0.717) is 13.0 Å². The van der Waals surface area contributed by atoms with Crippen molar-refractivity contribution in [1.29, 1.82) is 0 Å². The summed E-state index contributed by atoms with van der Waals surface area (Å²) in [6, 6.07) is 0. The number of carbonyl (C=O) groups excluding carboxylic acids is 1. The second-order valence-corrected chi connectivity index (χ2v) is 12.1. The lowest BCUT2D eigenvalue weighted by Crippen LogP contribution is -2.28. The molecule has 3 N–H and O–H groups in total. The van der Waals surface area contributed by atoms with Crippen LogP contribution in [0.5, 0.6) is 0 Å². The number of hydrogen-bond acceptors (Lipinski definition) is 7. The molecule has 0 saturated carbocycles. The molecule has 0 aromatic rings. The van der Waals surface area contributed by atoms with Crippen LogP contribution >= 0.6 is 7.82 Å². The molecular formula is C35H62NO7P. The number of phosphoric acid groups is 1. The van der Waals surface area contributed by atoms with Gasteiger partial charge in [-0.05, 0) is 57.8 Å². The predicted octanol–water partition coefficient (Wildman–Crippen LogP) is 9.07. The number of carbonyl (C=O) groups is 1. The van der Waals surface area contributed by atoms with Crippen LogP contribution in [-0.4, -0.2) is 49.9 Å². The summed E-state index contributed by atoms with van der Waals surface area (Å²) in [7, 11) is -4.24. The molecule has 0 aliphatic rings. The van der Waals surface area contributed by atoms with Crippen LogP contribution in [0.3, 0.4) is 0 Å². The molecule has 0 heterocycles. The zero-order valence-corrected chi connectivity index (χ0v) is 28.5. The monoisotopic (exact) mass is 639 g/mol. The fourth-order valence-corrected chi connectivity index (χ4v) is 4.82. The molecule has 0 spiro atoms. The van der Waals surface area contributed by atoms with Crippen LogP contribution in [0, 0.1) is 0 Å². The standard InChI is InChI=1S/C35H62NO7P/c1-3-5-6-7-8-9-10-11-12-13-14-15-16-17-18-19-20-21-22-23-24-25-26-27-30-40-32-34(43-35(37)28-4-2)33-42-44(38,39)41-31-29-36/h5-6,8-9,11-12,14-15,17-18,34H,3-4,7,10,13,16,19-33,36H2,1-2H3,(H,38,39)/b6-5-,9-8-,12-11-,15-14-,18-17-. The van der Waals surface area contributed by atoms with E-state index >= 15 is 0 Å². The molecule has 2 atom stereocenters. The van der Waals surface area contributed by atoms with Crippen molar-refractivity contribution < 1.29 is 32.8 Å². The van der Waals surface area contributed by atoms with Gasteiger partial charge in [-0.25, -0.2) is 4.57 Å². The van der Waals surface area contributed by atoms with E-state index in [-0.39, 0.29) is 32.8 Å². The zero-order valence-electron chi connectivity index (χ0n) is 27.6. The fraction of sp³-hybridized carbons (Fsp3) is 0.686. The molecule has 8 nitrogen and oxygen atoms in total. The lowest BCUT2D eigenvalue weighted by atomic mass is 10.1. The summed E-state index contributed by atoms with van der Waals surface area (Å²) in [5.74, 6) is -0.391. The molecule has 0 radical (unpaired) electrons. The number of nitrogens with two attached hydrogens (primary N) is 1. The van der Waals surface area contributed by atoms with Crippen molar-refractivity contribution >= 4 is 13.8 Å². The third-order valence-corrected chi connectivity index (χ3v) is 7.40. The van der Waals surface area contributed by atoms with Crippen LogP contribution in [0.25, 0.3) is 0 Å². The highest BCUT2D eigenvalue weighted by Gasteiger charge is 2.25. The molecule has 0 rings (SSSR count). The Balaban J connectivity index is 3.74. The molecule has 0 aromatic carbocycles. The predicted molar refractivity (Wildman–Crippen MR) is 182 cm³/mol. The number of unbranched alkanes of at least 4 members (excludes halogenated alkanes) is 8. The summed E-state index contributed by atoms with van der Waals surface area (Å²) in [6.07, 6.45) is 38.2. The molecule has 0 aromatic heterocycles. The Morgan fingerprint density at radius 1 is 0.705 bits per heavy atom. The largest absolute Gasteiger partial charge is 0.472 e. The Hall–Kier alpha value is -1.80. The average Bonchev–Trinajstić information content (AvgIpc) is 3.00. The van der Waals surface area contributed by atoms with Crippen LogP contribution in [0.1, 0.15) is 117 Å². The smallest absolute Gasteiger partial charge is 0.457 e. The Morgan fingerprint density at radius 3 is 1.77 bits per heavy atom. The van der Waals surface area contributed by atoms with Gasteiger partial charge in [0.25, 0.3) is 0 Å². The van der Waals surface area contributed by atoms with E-state index in [0.717, 1.165) is 51.4 Å². The van der Waals surface area contributed by atoms with Crippen molar-refractivity contribution in [2.24, 2.45) is 5.73 Å². The Bertz CT molecular complexity index is 854. The molecule has 9 heteroatoms. The van der Waals surface area contributed by atoms with E-state index in [1.807, 2.05) is 6.92 Å². The van der Waals surface area contributed by atoms with Gasteiger partial charge in [-0.2, -0.15) is 0 Å². The number of hydrogen-bond donors (Lipinski definition) is 2. The van der Waals surface area contributed by atoms with E-state index in [9.17, 15) is 14.3 Å². The van der Waals surface area contributed by atoms with Crippen LogP contribution in [0.2, 0.25) is 0 Å². The first-order chi connectivity index (χ1) is 21.4. The molecule has 0 saturated heterocycles. The minimum Gasteiger partial charge on any atom is -0.457 e. The van der Waals surface area contributed by atoms with E-state index in [1.165, 1.54) is 38.5 Å². The molecule has 254 valence electrons. The van der Waals surface area contributed by atoms with Crippen molar-refractivity contribution in [3.8, 4) is 0 Å². The van der Waals surface area contributed by atoms with E-state index in [2.05, 4.69) is 67.7 Å². The number of allylic oxidation sites excluding steroid dienone is 10. The first kappa shape index (κ1) is 42.2. The molecular weight excluding hydrogens is 577 g/mol. The normalized spacial score (nSPS) is 14.5. The first-order valence-corrected chi connectivity index (χ1v) is 18.3. The maximum atomic E-state index is 11.9. The number of esters is 1. The van der Waals surface area contributed by atoms with Gasteiger partial charge in [0.1, 0.15) is 6.10 Å². The van der Waals surface area contributed by atoms with E-state index in [1.54, 1.807) is 0 Å². The SMILES string of the molecule is CC/C=C\C/C=C\C/C=C\C/C=C\C/C=C\CCCCCCCCCCOCC(COP(=O)(O)OCCN)OC(=O)CCC. The Morgan fingerprint density at radius 2 is 1.23 bits per heavy atom. The molecule has 44 heavy (non-hydrogen) atoms. The molecule has 0 aliphatic carbocycles. The second-order valence-electron chi connectivity index (χ2n) is 10.6. The van der Waals surface area contributed by atoms with Crippen LogP contribution in [-0.2, 0) is 27.9 Å². The maximum Gasteiger partial charge on any atom is 0.472 e. The van der Waals surface area contributed by atoms with Gasteiger partial charge in [0.05, 0.1) is 19.8 Å². The van der Waals surface area contributed by atoms with Crippen molar-refractivity contribution in [2.75, 3.05) is 33.0 Å². The number of phosphoric ester groups is 1. The Kier molecular flexibility index (Phi) is 31.3. The van der Waals surface area contributed by atoms with Gasteiger partial charge >= 0.3 is 13.8 Å². The van der Waals surface area contributed by atoms with Crippen molar-refractivity contribution in [1.82, 2.24) is 0 Å². The number of ether oxygens (including phenoxy) is 2. The van der Waals surface area contributed by atoms with Gasteiger partial charge < -0.3 is 20.1 Å². The lowest BCUT2D eigenvalue weighted by molar-refractivity contribution is -0.154. The van der Waals surface area contributed by atoms with Crippen LogP contribution in [0.4, 0.5) is 0 Å². The van der Waals surface area contributed by atoms with Crippen LogP contribution in [0.15, 0.2) is 60.8 Å². The summed E-state index contributed by atoms with van der Waals surface area (Å²) < 4.78 is 32.5. The zero-order chi connectivity index (χ0) is 32.4. The summed E-state index contributed by atoms with van der Waals surface area (Å²) in [5, 5.41) is 0. The highest BCUT2D eigenvalue weighted by atomic mass is 31.2. The van der Waals surface area contributed by atoms with Gasteiger partial charge in [0, 0.05) is 19.6 Å². The van der Waals surface area contributed by atoms with Gasteiger partial charge in [-0.1, -0.05) is 113 Å². The highest BCUT2D eigenvalue weighted by Crippen LogP contribution is 2.43. The summed E-state index contributed by atoms with van der Waals surface area (Å²) in [4.78, 5) is 21.5. The summed E-state index contributed by atoms with van der Waals surface area (Å²) >= 11 is 0. The average molecular weight is 640 g/mol. The highest BCUT2D eigenvalue weighted by molar-refractivity contribution is 7.47. The van der Waals surface area contributed by atoms with E-state index < -0.39 is 19.9 Å². The molecule has 0 aliphatic heterocycles. The van der Waals surface area contributed by atoms with Gasteiger partial charge in [0.2, 0.25) is 0 Å². The summed E-state index contributed by atoms with van der Waals surface area (Å²) in [6.45, 7) is 4.38. The number of rotatable bonds is 31. The van der Waals surface area contributed by atoms with Crippen molar-refractivity contribution in [3.05, 3.63) is 60.8 Å². The molecule has 0 bridgehead atoms.